The van der Waals surface area contributed by atoms with E-state index in [1.54, 1.807) is 24.3 Å². The summed E-state index contributed by atoms with van der Waals surface area (Å²) in [5.41, 5.74) is 6.40. The normalized spacial score (nSPS) is 15.5. The average Bonchev–Trinajstić information content (AvgIpc) is 3.39. The van der Waals surface area contributed by atoms with E-state index >= 15 is 0 Å². The maximum Gasteiger partial charge on any atom is 0.326 e. The van der Waals surface area contributed by atoms with E-state index in [0.717, 1.165) is 24.9 Å². The molecule has 0 saturated carbocycles. The fourth-order valence-corrected chi connectivity index (χ4v) is 3.19. The Morgan fingerprint density at radius 3 is 2.34 bits per heavy atom. The number of carboxylic acids is 1. The van der Waals surface area contributed by atoms with Crippen molar-refractivity contribution in [1.82, 2.24) is 16.0 Å². The van der Waals surface area contributed by atoms with E-state index < -0.39 is 23.8 Å². The van der Waals surface area contributed by atoms with Crippen LogP contribution in [0.25, 0.3) is 6.08 Å². The monoisotopic (exact) mass is 484 g/mol. The van der Waals surface area contributed by atoms with Crippen LogP contribution in [0.4, 0.5) is 4.39 Å². The number of amides is 3. The molecular formula is C25H29FN4O5. The maximum absolute atomic E-state index is 12.8. The summed E-state index contributed by atoms with van der Waals surface area (Å²) in [6.45, 7) is 0.582. The quantitative estimate of drug-likeness (QED) is 0.335. The van der Waals surface area contributed by atoms with Crippen LogP contribution in [-0.4, -0.2) is 54.0 Å². The van der Waals surface area contributed by atoms with Crippen LogP contribution in [-0.2, 0) is 25.6 Å². The molecule has 35 heavy (non-hydrogen) atoms. The first-order chi connectivity index (χ1) is 16.7. The van der Waals surface area contributed by atoms with Gasteiger partial charge in [-0.05, 0) is 48.7 Å². The molecule has 0 aromatic heterocycles. The lowest BCUT2D eigenvalue weighted by atomic mass is 10.1. The number of primary amides is 1. The Hall–Kier alpha value is -4.05. The highest BCUT2D eigenvalue weighted by molar-refractivity contribution is 5.94. The van der Waals surface area contributed by atoms with Crippen LogP contribution in [0, 0.1) is 5.82 Å². The van der Waals surface area contributed by atoms with Crippen LogP contribution in [0.1, 0.15) is 24.0 Å². The van der Waals surface area contributed by atoms with Crippen molar-refractivity contribution in [3.05, 3.63) is 77.6 Å². The maximum atomic E-state index is 12.8. The number of carbonyl (C=O) groups is 4. The molecule has 186 valence electrons. The second-order valence-corrected chi connectivity index (χ2v) is 7.80. The summed E-state index contributed by atoms with van der Waals surface area (Å²) in [5, 5.41) is 17.0. The summed E-state index contributed by atoms with van der Waals surface area (Å²) >= 11 is 0. The van der Waals surface area contributed by atoms with Crippen molar-refractivity contribution in [2.24, 2.45) is 5.73 Å². The van der Waals surface area contributed by atoms with Gasteiger partial charge in [-0.2, -0.15) is 0 Å². The third-order valence-corrected chi connectivity index (χ3v) is 5.04. The van der Waals surface area contributed by atoms with Crippen LogP contribution in [0.5, 0.6) is 0 Å². The van der Waals surface area contributed by atoms with Gasteiger partial charge in [-0.1, -0.05) is 42.5 Å². The number of hydrogen-bond donors (Lipinski definition) is 5. The SMILES string of the molecule is NC(=O)[C@@H]1CCCN1.O=C(C=Cc1ccc(F)cc1)NCC(=O)N[C@@H](Cc1ccccc1)C(=O)O. The largest absolute Gasteiger partial charge is 0.480 e. The number of rotatable bonds is 9. The zero-order valence-electron chi connectivity index (χ0n) is 19.1. The average molecular weight is 485 g/mol. The molecule has 2 aromatic rings. The molecule has 0 spiro atoms. The summed E-state index contributed by atoms with van der Waals surface area (Å²) in [5.74, 6) is -2.89. The summed E-state index contributed by atoms with van der Waals surface area (Å²) in [7, 11) is 0. The van der Waals surface area contributed by atoms with E-state index in [1.807, 2.05) is 6.07 Å². The van der Waals surface area contributed by atoms with Gasteiger partial charge >= 0.3 is 5.97 Å². The van der Waals surface area contributed by atoms with Crippen molar-refractivity contribution >= 4 is 29.8 Å². The first-order valence-corrected chi connectivity index (χ1v) is 11.0. The fourth-order valence-electron chi connectivity index (χ4n) is 3.19. The van der Waals surface area contributed by atoms with E-state index in [0.29, 0.717) is 5.56 Å². The van der Waals surface area contributed by atoms with Gasteiger partial charge in [0.2, 0.25) is 17.7 Å². The Kier molecular flexibility index (Phi) is 11.1. The minimum atomic E-state index is -1.16. The Morgan fingerprint density at radius 1 is 1.11 bits per heavy atom. The number of aliphatic carboxylic acids is 1. The van der Waals surface area contributed by atoms with E-state index in [-0.39, 0.29) is 30.7 Å². The smallest absolute Gasteiger partial charge is 0.326 e. The lowest BCUT2D eigenvalue weighted by molar-refractivity contribution is -0.141. The number of benzene rings is 2. The number of hydrogen-bond acceptors (Lipinski definition) is 5. The minimum absolute atomic E-state index is 0.0463. The first kappa shape index (κ1) is 27.2. The van der Waals surface area contributed by atoms with Crippen molar-refractivity contribution in [3.8, 4) is 0 Å². The minimum Gasteiger partial charge on any atom is -0.480 e. The van der Waals surface area contributed by atoms with Crippen molar-refractivity contribution in [1.29, 1.82) is 0 Å². The molecule has 2 atom stereocenters. The van der Waals surface area contributed by atoms with Crippen LogP contribution >= 0.6 is 0 Å². The van der Waals surface area contributed by atoms with Gasteiger partial charge in [0.1, 0.15) is 11.9 Å². The molecule has 1 aliphatic rings. The van der Waals surface area contributed by atoms with E-state index in [1.165, 1.54) is 36.4 Å². The van der Waals surface area contributed by atoms with Crippen molar-refractivity contribution in [2.75, 3.05) is 13.1 Å². The second kappa shape index (κ2) is 14.3. The summed E-state index contributed by atoms with van der Waals surface area (Å²) in [6, 6.07) is 13.3. The summed E-state index contributed by atoms with van der Waals surface area (Å²) in [6.07, 6.45) is 4.81. The van der Waals surface area contributed by atoms with Crippen LogP contribution in [0.15, 0.2) is 60.7 Å². The number of carbonyl (C=O) groups excluding carboxylic acids is 3. The zero-order valence-corrected chi connectivity index (χ0v) is 19.1. The molecule has 1 heterocycles. The molecule has 9 nitrogen and oxygen atoms in total. The van der Waals surface area contributed by atoms with Crippen LogP contribution < -0.4 is 21.7 Å². The molecule has 0 bridgehead atoms. The molecule has 1 fully saturated rings. The number of nitrogens with one attached hydrogen (secondary N) is 3. The van der Waals surface area contributed by atoms with Gasteiger partial charge in [-0.15, -0.1) is 0 Å². The van der Waals surface area contributed by atoms with E-state index in [9.17, 15) is 28.7 Å². The highest BCUT2D eigenvalue weighted by Gasteiger charge is 2.20. The third kappa shape index (κ3) is 10.6. The zero-order chi connectivity index (χ0) is 25.6. The number of nitrogens with two attached hydrogens (primary N) is 1. The molecule has 2 aromatic carbocycles. The van der Waals surface area contributed by atoms with Gasteiger partial charge in [0.15, 0.2) is 0 Å². The van der Waals surface area contributed by atoms with Gasteiger partial charge in [-0.25, -0.2) is 9.18 Å². The summed E-state index contributed by atoms with van der Waals surface area (Å²) < 4.78 is 12.8. The predicted octanol–water partition coefficient (Wildman–Crippen LogP) is 0.991. The Morgan fingerprint density at radius 2 is 1.80 bits per heavy atom. The first-order valence-electron chi connectivity index (χ1n) is 11.0. The van der Waals surface area contributed by atoms with Gasteiger partial charge in [0, 0.05) is 12.5 Å². The van der Waals surface area contributed by atoms with E-state index in [2.05, 4.69) is 16.0 Å². The third-order valence-electron chi connectivity index (χ3n) is 5.04. The highest BCUT2D eigenvalue weighted by atomic mass is 19.1. The number of halogens is 1. The molecule has 6 N–H and O–H groups in total. The lowest BCUT2D eigenvalue weighted by Gasteiger charge is -2.14. The highest BCUT2D eigenvalue weighted by Crippen LogP contribution is 2.05. The molecule has 0 unspecified atom stereocenters. The van der Waals surface area contributed by atoms with Crippen LogP contribution in [0.3, 0.4) is 0 Å². The Labute approximate surface area is 202 Å². The molecular weight excluding hydrogens is 455 g/mol. The topological polar surface area (TPSA) is 151 Å². The standard InChI is InChI=1S/C20H19FN2O4.C5H10N2O/c21-16-9-6-14(7-10-16)8-11-18(24)22-13-19(25)23-17(20(26)27)12-15-4-2-1-3-5-15;6-5(8)4-2-1-3-7-4/h1-11,17H,12-13H2,(H,22,24)(H,23,25)(H,26,27);4,7H,1-3H2,(H2,6,8)/t17-;4-/m00/s1. The van der Waals surface area contributed by atoms with Crippen LogP contribution in [0.2, 0.25) is 0 Å². The van der Waals surface area contributed by atoms with Gasteiger partial charge in [0.25, 0.3) is 0 Å². The molecule has 3 amide bonds. The van der Waals surface area contributed by atoms with E-state index in [4.69, 9.17) is 5.73 Å². The Bertz CT molecular complexity index is 1020. The van der Waals surface area contributed by atoms with Crippen molar-refractivity contribution in [2.45, 2.75) is 31.3 Å². The van der Waals surface area contributed by atoms with Crippen molar-refractivity contribution in [3.63, 3.8) is 0 Å². The molecule has 10 heteroatoms. The van der Waals surface area contributed by atoms with Crippen molar-refractivity contribution < 1.29 is 28.7 Å². The fraction of sp³-hybridized carbons (Fsp3) is 0.280. The predicted molar refractivity (Wildman–Crippen MR) is 128 cm³/mol. The summed E-state index contributed by atoms with van der Waals surface area (Å²) in [4.78, 5) is 45.3. The van der Waals surface area contributed by atoms with Gasteiger partial charge < -0.3 is 26.8 Å². The molecule has 1 saturated heterocycles. The second-order valence-electron chi connectivity index (χ2n) is 7.80. The van der Waals surface area contributed by atoms with Gasteiger partial charge in [0.05, 0.1) is 12.6 Å². The molecule has 0 aliphatic carbocycles. The molecule has 3 rings (SSSR count). The Balaban J connectivity index is 0.000000456. The molecule has 0 radical (unpaired) electrons. The molecule has 1 aliphatic heterocycles. The van der Waals surface area contributed by atoms with Gasteiger partial charge in [-0.3, -0.25) is 14.4 Å². The number of carboxylic acid groups (broad SMARTS) is 1. The lowest BCUT2D eigenvalue weighted by Crippen LogP contribution is -2.46.